The monoisotopic (exact) mass is 250 g/mol. The minimum atomic E-state index is -0.537. The standard InChI is InChI=1S/C14H18O4/c1-14-6-5-11(15)8-10(14)4-3-9(13(14)17)7-12(16)18-2/h8-9H,3-7H2,1-2H3/t9-,14+/m1/s1. The number of ketones is 2. The fourth-order valence-electron chi connectivity index (χ4n) is 2.98. The number of carbonyl (C=O) groups is 3. The van der Waals surface area contributed by atoms with E-state index in [0.29, 0.717) is 19.3 Å². The summed E-state index contributed by atoms with van der Waals surface area (Å²) in [5.41, 5.74) is 0.412. The summed E-state index contributed by atoms with van der Waals surface area (Å²) in [6, 6.07) is 0. The third-order valence-corrected chi connectivity index (χ3v) is 4.23. The van der Waals surface area contributed by atoms with Crippen LogP contribution in [0.15, 0.2) is 11.6 Å². The summed E-state index contributed by atoms with van der Waals surface area (Å²) in [7, 11) is 1.34. The van der Waals surface area contributed by atoms with Gasteiger partial charge in [-0.25, -0.2) is 0 Å². The highest BCUT2D eigenvalue weighted by molar-refractivity contribution is 5.99. The molecule has 1 saturated carbocycles. The Morgan fingerprint density at radius 3 is 2.83 bits per heavy atom. The molecule has 2 atom stereocenters. The molecule has 0 amide bonds. The highest BCUT2D eigenvalue weighted by atomic mass is 16.5. The van der Waals surface area contributed by atoms with Crippen LogP contribution >= 0.6 is 0 Å². The van der Waals surface area contributed by atoms with Crippen molar-refractivity contribution in [2.75, 3.05) is 7.11 Å². The number of esters is 1. The van der Waals surface area contributed by atoms with Crippen LogP contribution in [0.2, 0.25) is 0 Å². The molecule has 0 spiro atoms. The van der Waals surface area contributed by atoms with Crippen molar-refractivity contribution in [3.8, 4) is 0 Å². The Labute approximate surface area is 106 Å². The highest BCUT2D eigenvalue weighted by Crippen LogP contribution is 2.46. The van der Waals surface area contributed by atoms with Crippen LogP contribution in [0.5, 0.6) is 0 Å². The number of methoxy groups -OCH3 is 1. The maximum atomic E-state index is 12.5. The molecular weight excluding hydrogens is 232 g/mol. The predicted molar refractivity (Wildman–Crippen MR) is 64.8 cm³/mol. The normalized spacial score (nSPS) is 31.7. The van der Waals surface area contributed by atoms with E-state index in [9.17, 15) is 14.4 Å². The van der Waals surface area contributed by atoms with Crippen molar-refractivity contribution in [2.24, 2.45) is 11.3 Å². The molecule has 0 aromatic heterocycles. The van der Waals surface area contributed by atoms with E-state index >= 15 is 0 Å². The van der Waals surface area contributed by atoms with E-state index in [1.807, 2.05) is 6.92 Å². The van der Waals surface area contributed by atoms with Gasteiger partial charge in [0.2, 0.25) is 0 Å². The van der Waals surface area contributed by atoms with Crippen molar-refractivity contribution < 1.29 is 19.1 Å². The van der Waals surface area contributed by atoms with Crippen LogP contribution in [0.1, 0.15) is 39.0 Å². The quantitative estimate of drug-likeness (QED) is 0.701. The molecule has 0 bridgehead atoms. The summed E-state index contributed by atoms with van der Waals surface area (Å²) in [5, 5.41) is 0. The Kier molecular flexibility index (Phi) is 3.37. The van der Waals surface area contributed by atoms with Gasteiger partial charge in [-0.2, -0.15) is 0 Å². The lowest BCUT2D eigenvalue weighted by molar-refractivity contribution is -0.146. The minimum Gasteiger partial charge on any atom is -0.469 e. The van der Waals surface area contributed by atoms with Gasteiger partial charge in [-0.3, -0.25) is 14.4 Å². The molecule has 98 valence electrons. The first-order valence-corrected chi connectivity index (χ1v) is 6.32. The van der Waals surface area contributed by atoms with Gasteiger partial charge in [0, 0.05) is 17.8 Å². The number of hydrogen-bond donors (Lipinski definition) is 0. The number of carbonyl (C=O) groups excluding carboxylic acids is 3. The molecule has 0 aromatic carbocycles. The van der Waals surface area contributed by atoms with Crippen molar-refractivity contribution in [3.63, 3.8) is 0 Å². The van der Waals surface area contributed by atoms with Crippen LogP contribution in [0.25, 0.3) is 0 Å². The van der Waals surface area contributed by atoms with Crippen molar-refractivity contribution in [3.05, 3.63) is 11.6 Å². The minimum absolute atomic E-state index is 0.0953. The average molecular weight is 250 g/mol. The predicted octanol–water partition coefficient (Wildman–Crippen LogP) is 1.82. The van der Waals surface area contributed by atoms with Gasteiger partial charge in [0.15, 0.2) is 5.78 Å². The van der Waals surface area contributed by atoms with Gasteiger partial charge in [-0.15, -0.1) is 0 Å². The van der Waals surface area contributed by atoms with E-state index in [4.69, 9.17) is 0 Å². The molecule has 0 aliphatic heterocycles. The second kappa shape index (κ2) is 4.67. The van der Waals surface area contributed by atoms with Crippen LogP contribution in [-0.2, 0) is 19.1 Å². The highest BCUT2D eigenvalue weighted by Gasteiger charge is 2.46. The van der Waals surface area contributed by atoms with Gasteiger partial charge in [-0.1, -0.05) is 5.57 Å². The lowest BCUT2D eigenvalue weighted by Gasteiger charge is -2.40. The van der Waals surface area contributed by atoms with E-state index in [0.717, 1.165) is 12.0 Å². The maximum absolute atomic E-state index is 12.5. The topological polar surface area (TPSA) is 60.4 Å². The molecule has 0 N–H and O–H groups in total. The third-order valence-electron chi connectivity index (χ3n) is 4.23. The van der Waals surface area contributed by atoms with Crippen LogP contribution in [0.3, 0.4) is 0 Å². The second-order valence-corrected chi connectivity index (χ2v) is 5.35. The van der Waals surface area contributed by atoms with Crippen molar-refractivity contribution in [1.82, 2.24) is 0 Å². The van der Waals surface area contributed by atoms with Crippen LogP contribution < -0.4 is 0 Å². The summed E-state index contributed by atoms with van der Waals surface area (Å²) in [4.78, 5) is 35.2. The molecule has 2 aliphatic rings. The van der Waals surface area contributed by atoms with E-state index < -0.39 is 5.41 Å². The molecule has 2 aliphatic carbocycles. The Balaban J connectivity index is 2.20. The molecule has 4 nitrogen and oxygen atoms in total. The SMILES string of the molecule is COC(=O)C[C@H]1CCC2=CC(=O)CC[C@]2(C)C1=O. The Morgan fingerprint density at radius 2 is 2.17 bits per heavy atom. The van der Waals surface area contributed by atoms with Gasteiger partial charge < -0.3 is 4.74 Å². The fraction of sp³-hybridized carbons (Fsp3) is 0.643. The molecule has 18 heavy (non-hydrogen) atoms. The molecular formula is C14H18O4. The van der Waals surface area contributed by atoms with E-state index in [2.05, 4.69) is 4.74 Å². The molecule has 0 radical (unpaired) electrons. The molecule has 1 fully saturated rings. The van der Waals surface area contributed by atoms with Gasteiger partial charge in [0.25, 0.3) is 0 Å². The lowest BCUT2D eigenvalue weighted by Crippen LogP contribution is -2.42. The zero-order chi connectivity index (χ0) is 13.3. The summed E-state index contributed by atoms with van der Waals surface area (Å²) in [6.07, 6.45) is 4.17. The second-order valence-electron chi connectivity index (χ2n) is 5.35. The molecule has 0 heterocycles. The van der Waals surface area contributed by atoms with Crippen molar-refractivity contribution in [1.29, 1.82) is 0 Å². The average Bonchev–Trinajstić information content (AvgIpc) is 2.35. The van der Waals surface area contributed by atoms with E-state index in [-0.39, 0.29) is 29.9 Å². The van der Waals surface area contributed by atoms with Gasteiger partial charge in [0.1, 0.15) is 5.78 Å². The van der Waals surface area contributed by atoms with Gasteiger partial charge in [0.05, 0.1) is 13.5 Å². The number of fused-ring (bicyclic) bond motifs is 1. The number of rotatable bonds is 2. The molecule has 0 aromatic rings. The molecule has 4 heteroatoms. The zero-order valence-electron chi connectivity index (χ0n) is 10.8. The first-order valence-electron chi connectivity index (χ1n) is 6.32. The third kappa shape index (κ3) is 2.11. The number of ether oxygens (including phenoxy) is 1. The summed E-state index contributed by atoms with van der Waals surface area (Å²) < 4.78 is 4.63. The number of Topliss-reactive ketones (excluding diaryl/α,β-unsaturated/α-hetero) is 1. The van der Waals surface area contributed by atoms with Crippen molar-refractivity contribution in [2.45, 2.75) is 39.0 Å². The van der Waals surface area contributed by atoms with Crippen LogP contribution in [-0.4, -0.2) is 24.6 Å². The first-order chi connectivity index (χ1) is 8.47. The van der Waals surface area contributed by atoms with E-state index in [1.165, 1.54) is 7.11 Å². The largest absolute Gasteiger partial charge is 0.469 e. The summed E-state index contributed by atoms with van der Waals surface area (Å²) in [5.74, 6) is -0.385. The maximum Gasteiger partial charge on any atom is 0.306 e. The number of hydrogen-bond acceptors (Lipinski definition) is 4. The Morgan fingerprint density at radius 1 is 1.44 bits per heavy atom. The van der Waals surface area contributed by atoms with Gasteiger partial charge >= 0.3 is 5.97 Å². The molecule has 0 saturated heterocycles. The zero-order valence-corrected chi connectivity index (χ0v) is 10.8. The Hall–Kier alpha value is -1.45. The summed E-state index contributed by atoms with van der Waals surface area (Å²) >= 11 is 0. The lowest BCUT2D eigenvalue weighted by atomic mass is 9.61. The fourth-order valence-corrected chi connectivity index (χ4v) is 2.98. The van der Waals surface area contributed by atoms with Crippen LogP contribution in [0.4, 0.5) is 0 Å². The van der Waals surface area contributed by atoms with Crippen LogP contribution in [0, 0.1) is 11.3 Å². The first kappa shape index (κ1) is 13.0. The number of allylic oxidation sites excluding steroid dienone is 2. The van der Waals surface area contributed by atoms with E-state index in [1.54, 1.807) is 6.08 Å². The van der Waals surface area contributed by atoms with Crippen molar-refractivity contribution >= 4 is 17.5 Å². The van der Waals surface area contributed by atoms with Gasteiger partial charge in [-0.05, 0) is 32.3 Å². The molecule has 2 rings (SSSR count). The Bertz CT molecular complexity index is 435. The summed E-state index contributed by atoms with van der Waals surface area (Å²) in [6.45, 7) is 1.90. The molecule has 0 unspecified atom stereocenters. The smallest absolute Gasteiger partial charge is 0.306 e.